The van der Waals surface area contributed by atoms with Gasteiger partial charge in [0.1, 0.15) is 0 Å². The summed E-state index contributed by atoms with van der Waals surface area (Å²) in [5.41, 5.74) is 6.86. The fourth-order valence-electron chi connectivity index (χ4n) is 4.90. The van der Waals surface area contributed by atoms with Crippen LogP contribution in [0.15, 0.2) is 146 Å². The summed E-state index contributed by atoms with van der Waals surface area (Å²) in [4.78, 5) is 2.29. The van der Waals surface area contributed by atoms with Crippen LogP contribution in [0, 0.1) is 0 Å². The minimum atomic E-state index is -0.469. The van der Waals surface area contributed by atoms with E-state index in [-0.39, 0.29) is 0 Å². The summed E-state index contributed by atoms with van der Waals surface area (Å²) < 4.78 is 0. The molecule has 0 atom stereocenters. The molecule has 5 aromatic rings. The second-order valence-electron chi connectivity index (χ2n) is 8.26. The van der Waals surface area contributed by atoms with Gasteiger partial charge < -0.3 is 4.90 Å². The molecule has 0 amide bonds. The zero-order chi connectivity index (χ0) is 22.5. The molecular formula is C32H27N. The third-order valence-electron chi connectivity index (χ3n) is 6.43. The summed E-state index contributed by atoms with van der Waals surface area (Å²) in [5, 5.41) is 0. The molecule has 0 unspecified atom stereocenters. The molecule has 33 heavy (non-hydrogen) atoms. The average Bonchev–Trinajstić information content (AvgIpc) is 2.91. The van der Waals surface area contributed by atoms with Crippen molar-refractivity contribution in [3.63, 3.8) is 0 Å². The Hall–Kier alpha value is -4.10. The van der Waals surface area contributed by atoms with Crippen molar-refractivity contribution in [1.82, 2.24) is 0 Å². The molecule has 5 aromatic carbocycles. The minimum absolute atomic E-state index is 0.469. The topological polar surface area (TPSA) is 3.24 Å². The van der Waals surface area contributed by atoms with Gasteiger partial charge in [-0.25, -0.2) is 0 Å². The Morgan fingerprint density at radius 1 is 0.424 bits per heavy atom. The van der Waals surface area contributed by atoms with E-state index in [4.69, 9.17) is 0 Å². The molecule has 160 valence electrons. The predicted molar refractivity (Wildman–Crippen MR) is 139 cm³/mol. The SMILES string of the molecule is CN(c1ccccc1)c1ccccc1C(c1ccccc1)(c1ccccc1)c1ccccc1. The molecule has 0 saturated heterocycles. The summed E-state index contributed by atoms with van der Waals surface area (Å²) in [5.74, 6) is 0. The Kier molecular flexibility index (Phi) is 5.78. The Balaban J connectivity index is 1.88. The van der Waals surface area contributed by atoms with Crippen molar-refractivity contribution >= 4 is 11.4 Å². The highest BCUT2D eigenvalue weighted by Crippen LogP contribution is 2.48. The van der Waals surface area contributed by atoms with Gasteiger partial charge in [0.25, 0.3) is 0 Å². The zero-order valence-electron chi connectivity index (χ0n) is 18.8. The molecule has 0 aromatic heterocycles. The van der Waals surface area contributed by atoms with Gasteiger partial charge in [-0.05, 0) is 40.5 Å². The standard InChI is InChI=1S/C32H27N/c1-33(29-22-12-5-13-23-29)31-25-15-14-24-30(31)32(26-16-6-2-7-17-26,27-18-8-3-9-19-27)28-20-10-4-11-21-28/h2-25H,1H3. The molecule has 0 aliphatic rings. The Bertz CT molecular complexity index is 1200. The van der Waals surface area contributed by atoms with Crippen LogP contribution >= 0.6 is 0 Å². The predicted octanol–water partition coefficient (Wildman–Crippen LogP) is 7.84. The van der Waals surface area contributed by atoms with Crippen molar-refractivity contribution in [1.29, 1.82) is 0 Å². The van der Waals surface area contributed by atoms with E-state index in [0.717, 1.165) is 5.69 Å². The van der Waals surface area contributed by atoms with E-state index in [2.05, 4.69) is 158 Å². The van der Waals surface area contributed by atoms with Crippen molar-refractivity contribution in [2.45, 2.75) is 5.41 Å². The van der Waals surface area contributed by atoms with Crippen LogP contribution in [0.4, 0.5) is 11.4 Å². The van der Waals surface area contributed by atoms with Crippen molar-refractivity contribution in [2.75, 3.05) is 11.9 Å². The van der Waals surface area contributed by atoms with Crippen LogP contribution in [-0.2, 0) is 5.41 Å². The van der Waals surface area contributed by atoms with E-state index >= 15 is 0 Å². The zero-order valence-corrected chi connectivity index (χ0v) is 18.8. The van der Waals surface area contributed by atoms with Gasteiger partial charge in [-0.3, -0.25) is 0 Å². The number of para-hydroxylation sites is 2. The van der Waals surface area contributed by atoms with Gasteiger partial charge in [-0.15, -0.1) is 0 Å². The van der Waals surface area contributed by atoms with Crippen LogP contribution < -0.4 is 4.90 Å². The lowest BCUT2D eigenvalue weighted by atomic mass is 9.64. The van der Waals surface area contributed by atoms with E-state index in [1.54, 1.807) is 0 Å². The van der Waals surface area contributed by atoms with E-state index < -0.39 is 5.41 Å². The number of rotatable bonds is 6. The number of hydrogen-bond donors (Lipinski definition) is 0. The lowest BCUT2D eigenvalue weighted by Crippen LogP contribution is -2.32. The smallest absolute Gasteiger partial charge is 0.0721 e. The fourth-order valence-corrected chi connectivity index (χ4v) is 4.90. The van der Waals surface area contributed by atoms with Crippen LogP contribution in [-0.4, -0.2) is 7.05 Å². The van der Waals surface area contributed by atoms with Crippen LogP contribution in [0.1, 0.15) is 22.3 Å². The van der Waals surface area contributed by atoms with Gasteiger partial charge in [0.2, 0.25) is 0 Å². The van der Waals surface area contributed by atoms with Crippen LogP contribution in [0.25, 0.3) is 0 Å². The fraction of sp³-hybridized carbons (Fsp3) is 0.0625. The lowest BCUT2D eigenvalue weighted by molar-refractivity contribution is 0.744. The Labute approximate surface area is 196 Å². The lowest BCUT2D eigenvalue weighted by Gasteiger charge is -2.39. The second-order valence-corrected chi connectivity index (χ2v) is 8.26. The highest BCUT2D eigenvalue weighted by Gasteiger charge is 2.40. The largest absolute Gasteiger partial charge is 0.344 e. The third-order valence-corrected chi connectivity index (χ3v) is 6.43. The molecule has 0 radical (unpaired) electrons. The first-order chi connectivity index (χ1) is 16.3. The quantitative estimate of drug-likeness (QED) is 0.251. The average molecular weight is 426 g/mol. The van der Waals surface area contributed by atoms with Gasteiger partial charge in [-0.1, -0.05) is 127 Å². The molecule has 5 rings (SSSR count). The van der Waals surface area contributed by atoms with Gasteiger partial charge >= 0.3 is 0 Å². The number of nitrogens with zero attached hydrogens (tertiary/aromatic N) is 1. The summed E-state index contributed by atoms with van der Waals surface area (Å²) in [6.45, 7) is 0. The first-order valence-electron chi connectivity index (χ1n) is 11.4. The van der Waals surface area contributed by atoms with E-state index in [0.29, 0.717) is 0 Å². The van der Waals surface area contributed by atoms with E-state index in [1.807, 2.05) is 0 Å². The Morgan fingerprint density at radius 2 is 0.788 bits per heavy atom. The molecule has 1 nitrogen and oxygen atoms in total. The molecule has 0 spiro atoms. The molecule has 1 heteroatoms. The number of benzene rings is 5. The molecular weight excluding hydrogens is 398 g/mol. The summed E-state index contributed by atoms with van der Waals surface area (Å²) in [7, 11) is 2.15. The third kappa shape index (κ3) is 3.72. The molecule has 0 aliphatic heterocycles. The maximum Gasteiger partial charge on any atom is 0.0721 e. The molecule has 0 bridgehead atoms. The van der Waals surface area contributed by atoms with Crippen molar-refractivity contribution in [3.8, 4) is 0 Å². The maximum atomic E-state index is 2.29. The van der Waals surface area contributed by atoms with Crippen LogP contribution in [0.2, 0.25) is 0 Å². The van der Waals surface area contributed by atoms with E-state index in [1.165, 1.54) is 27.9 Å². The molecule has 0 heterocycles. The molecule has 0 aliphatic carbocycles. The first-order valence-corrected chi connectivity index (χ1v) is 11.4. The van der Waals surface area contributed by atoms with Crippen LogP contribution in [0.5, 0.6) is 0 Å². The highest BCUT2D eigenvalue weighted by atomic mass is 15.1. The summed E-state index contributed by atoms with van der Waals surface area (Å²) in [6.07, 6.45) is 0. The first kappa shape index (κ1) is 20.8. The maximum absolute atomic E-state index is 2.29. The monoisotopic (exact) mass is 425 g/mol. The van der Waals surface area contributed by atoms with Gasteiger partial charge in [0, 0.05) is 18.4 Å². The van der Waals surface area contributed by atoms with Gasteiger partial charge in [0.15, 0.2) is 0 Å². The van der Waals surface area contributed by atoms with Crippen molar-refractivity contribution < 1.29 is 0 Å². The number of anilines is 2. The van der Waals surface area contributed by atoms with Crippen molar-refractivity contribution in [3.05, 3.63) is 168 Å². The van der Waals surface area contributed by atoms with Crippen molar-refractivity contribution in [2.24, 2.45) is 0 Å². The molecule has 0 fully saturated rings. The number of hydrogen-bond acceptors (Lipinski definition) is 1. The van der Waals surface area contributed by atoms with E-state index in [9.17, 15) is 0 Å². The minimum Gasteiger partial charge on any atom is -0.344 e. The summed E-state index contributed by atoms with van der Waals surface area (Å²) >= 11 is 0. The highest BCUT2D eigenvalue weighted by molar-refractivity contribution is 5.73. The van der Waals surface area contributed by atoms with Gasteiger partial charge in [0.05, 0.1) is 5.41 Å². The molecule has 0 saturated carbocycles. The molecule has 0 N–H and O–H groups in total. The normalized spacial score (nSPS) is 11.2. The summed E-state index contributed by atoms with van der Waals surface area (Å²) in [6, 6.07) is 51.9. The van der Waals surface area contributed by atoms with Crippen LogP contribution in [0.3, 0.4) is 0 Å². The van der Waals surface area contributed by atoms with Gasteiger partial charge in [-0.2, -0.15) is 0 Å². The second kappa shape index (κ2) is 9.18. The Morgan fingerprint density at radius 3 is 1.24 bits per heavy atom.